The average molecular weight is 367 g/mol. The summed E-state index contributed by atoms with van der Waals surface area (Å²) in [6.07, 6.45) is 9.17. The van der Waals surface area contributed by atoms with E-state index in [0.717, 1.165) is 12.8 Å². The van der Waals surface area contributed by atoms with E-state index in [2.05, 4.69) is 10.00 Å². The van der Waals surface area contributed by atoms with Gasteiger partial charge in [0.2, 0.25) is 10.0 Å². The van der Waals surface area contributed by atoms with Gasteiger partial charge in [0, 0.05) is 32.4 Å². The molecule has 4 rings (SSSR count). The molecular formula is C18H30N4O2S. The number of aryl methyl sites for hydroxylation is 2. The molecule has 140 valence electrons. The van der Waals surface area contributed by atoms with Crippen molar-refractivity contribution < 1.29 is 8.42 Å². The van der Waals surface area contributed by atoms with E-state index in [1.807, 2.05) is 0 Å². The summed E-state index contributed by atoms with van der Waals surface area (Å²) in [5.74, 6) is 0.967. The van der Waals surface area contributed by atoms with Gasteiger partial charge in [0.05, 0.1) is 5.69 Å². The van der Waals surface area contributed by atoms with Crippen LogP contribution in [0, 0.1) is 18.8 Å². The van der Waals surface area contributed by atoms with Crippen LogP contribution in [0.4, 0.5) is 0 Å². The van der Waals surface area contributed by atoms with Crippen molar-refractivity contribution >= 4 is 10.0 Å². The van der Waals surface area contributed by atoms with Crippen molar-refractivity contribution in [3.63, 3.8) is 0 Å². The van der Waals surface area contributed by atoms with Crippen LogP contribution in [-0.2, 0) is 17.1 Å². The Labute approximate surface area is 151 Å². The lowest BCUT2D eigenvalue weighted by Gasteiger charge is -2.51. The van der Waals surface area contributed by atoms with Crippen molar-refractivity contribution in [2.45, 2.75) is 56.4 Å². The Morgan fingerprint density at radius 1 is 1.04 bits per heavy atom. The molecule has 2 saturated heterocycles. The topological polar surface area (TPSA) is 58.4 Å². The molecule has 3 heterocycles. The van der Waals surface area contributed by atoms with Crippen LogP contribution >= 0.6 is 0 Å². The van der Waals surface area contributed by atoms with Gasteiger partial charge >= 0.3 is 0 Å². The number of hydrogen-bond donors (Lipinski definition) is 0. The normalized spacial score (nSPS) is 32.0. The fraction of sp³-hybridized carbons (Fsp3) is 0.833. The van der Waals surface area contributed by atoms with Gasteiger partial charge < -0.3 is 0 Å². The zero-order chi connectivity index (χ0) is 17.6. The smallest absolute Gasteiger partial charge is 0.246 e. The van der Waals surface area contributed by atoms with E-state index in [1.54, 1.807) is 29.2 Å². The number of rotatable bonds is 3. The van der Waals surface area contributed by atoms with Crippen LogP contribution in [0.25, 0.3) is 0 Å². The SMILES string of the molecule is Cc1nn(C)cc1S(=O)(=O)N1CC2CCCC(C1)C2N1CCCCC1. The molecule has 3 aliphatic rings. The van der Waals surface area contributed by atoms with Crippen LogP contribution < -0.4 is 0 Å². The summed E-state index contributed by atoms with van der Waals surface area (Å²) < 4.78 is 29.7. The largest absolute Gasteiger partial charge is 0.300 e. The monoisotopic (exact) mass is 366 g/mol. The first kappa shape index (κ1) is 17.5. The maximum Gasteiger partial charge on any atom is 0.246 e. The second-order valence-electron chi connectivity index (χ2n) is 8.11. The number of aromatic nitrogens is 2. The molecule has 1 saturated carbocycles. The van der Waals surface area contributed by atoms with Gasteiger partial charge in [-0.1, -0.05) is 12.8 Å². The molecule has 0 aromatic carbocycles. The molecule has 1 aromatic heterocycles. The minimum atomic E-state index is -3.44. The maximum atomic E-state index is 13.2. The second kappa shape index (κ2) is 6.67. The first-order valence-corrected chi connectivity index (χ1v) is 11.2. The van der Waals surface area contributed by atoms with Gasteiger partial charge in [-0.15, -0.1) is 0 Å². The van der Waals surface area contributed by atoms with Crippen LogP contribution in [0.3, 0.4) is 0 Å². The Balaban J connectivity index is 1.57. The summed E-state index contributed by atoms with van der Waals surface area (Å²) in [6.45, 7) is 5.54. The van der Waals surface area contributed by atoms with Gasteiger partial charge in [0.1, 0.15) is 4.90 Å². The standard InChI is InChI=1S/C18H30N4O2S/c1-14-17(13-20(2)19-14)25(23,24)22-11-15-7-6-8-16(12-22)18(15)21-9-4-3-5-10-21/h13,15-16,18H,3-12H2,1-2H3. The molecule has 1 aromatic rings. The predicted molar refractivity (Wildman–Crippen MR) is 96.7 cm³/mol. The van der Waals surface area contributed by atoms with E-state index < -0.39 is 10.0 Å². The highest BCUT2D eigenvalue weighted by Crippen LogP contribution is 2.40. The van der Waals surface area contributed by atoms with Crippen molar-refractivity contribution in [3.8, 4) is 0 Å². The Hall–Kier alpha value is -0.920. The van der Waals surface area contributed by atoms with Crippen molar-refractivity contribution in [3.05, 3.63) is 11.9 Å². The van der Waals surface area contributed by atoms with Gasteiger partial charge in [0.25, 0.3) is 0 Å². The Morgan fingerprint density at radius 2 is 1.68 bits per heavy atom. The van der Waals surface area contributed by atoms with Crippen LogP contribution in [0.1, 0.15) is 44.2 Å². The minimum absolute atomic E-state index is 0.379. The van der Waals surface area contributed by atoms with Gasteiger partial charge in [-0.05, 0) is 57.5 Å². The van der Waals surface area contributed by atoms with Crippen LogP contribution in [0.2, 0.25) is 0 Å². The summed E-state index contributed by atoms with van der Waals surface area (Å²) in [7, 11) is -1.66. The number of piperidine rings is 2. The molecule has 0 radical (unpaired) electrons. The number of fused-ring (bicyclic) bond motifs is 2. The molecule has 2 unspecified atom stereocenters. The van der Waals surface area contributed by atoms with Gasteiger partial charge in [-0.25, -0.2) is 8.42 Å². The summed E-state index contributed by atoms with van der Waals surface area (Å²) in [5, 5.41) is 4.24. The highest BCUT2D eigenvalue weighted by atomic mass is 32.2. The number of hydrogen-bond acceptors (Lipinski definition) is 4. The predicted octanol–water partition coefficient (Wildman–Crippen LogP) is 2.00. The molecule has 3 fully saturated rings. The molecule has 1 aliphatic carbocycles. The average Bonchev–Trinajstić information content (AvgIpc) is 2.93. The highest BCUT2D eigenvalue weighted by Gasteiger charge is 2.46. The van der Waals surface area contributed by atoms with Crippen molar-refractivity contribution in [1.29, 1.82) is 0 Å². The summed E-state index contributed by atoms with van der Waals surface area (Å²) >= 11 is 0. The molecule has 0 N–H and O–H groups in total. The lowest BCUT2D eigenvalue weighted by molar-refractivity contribution is -0.00312. The van der Waals surface area contributed by atoms with E-state index in [9.17, 15) is 8.42 Å². The van der Waals surface area contributed by atoms with Crippen molar-refractivity contribution in [2.75, 3.05) is 26.2 Å². The van der Waals surface area contributed by atoms with Crippen LogP contribution in [0.15, 0.2) is 11.1 Å². The fourth-order valence-corrected chi connectivity index (χ4v) is 7.10. The molecule has 25 heavy (non-hydrogen) atoms. The Morgan fingerprint density at radius 3 is 2.24 bits per heavy atom. The lowest BCUT2D eigenvalue weighted by atomic mass is 9.73. The third-order valence-corrected chi connectivity index (χ3v) is 8.33. The quantitative estimate of drug-likeness (QED) is 0.821. The number of nitrogens with zero attached hydrogens (tertiary/aromatic N) is 4. The maximum absolute atomic E-state index is 13.2. The molecule has 2 atom stereocenters. The van der Waals surface area contributed by atoms with Crippen LogP contribution in [0.5, 0.6) is 0 Å². The van der Waals surface area contributed by atoms with Crippen LogP contribution in [-0.4, -0.2) is 59.6 Å². The number of likely N-dealkylation sites (tertiary alicyclic amines) is 1. The first-order valence-electron chi connectivity index (χ1n) is 9.71. The minimum Gasteiger partial charge on any atom is -0.300 e. The zero-order valence-electron chi connectivity index (χ0n) is 15.4. The van der Waals surface area contributed by atoms with Crippen molar-refractivity contribution in [2.24, 2.45) is 18.9 Å². The van der Waals surface area contributed by atoms with Gasteiger partial charge in [-0.3, -0.25) is 9.58 Å². The molecular weight excluding hydrogens is 336 g/mol. The first-order chi connectivity index (χ1) is 12.0. The summed E-state index contributed by atoms with van der Waals surface area (Å²) in [5.41, 5.74) is 0.603. The highest BCUT2D eigenvalue weighted by molar-refractivity contribution is 7.89. The Bertz CT molecular complexity index is 709. The van der Waals surface area contributed by atoms with Crippen molar-refractivity contribution in [1.82, 2.24) is 19.0 Å². The van der Waals surface area contributed by atoms with Gasteiger partial charge in [0.15, 0.2) is 0 Å². The number of sulfonamides is 1. The third kappa shape index (κ3) is 3.15. The van der Waals surface area contributed by atoms with E-state index in [-0.39, 0.29) is 0 Å². The summed E-state index contributed by atoms with van der Waals surface area (Å²) in [6, 6.07) is 0.593. The van der Waals surface area contributed by atoms with Gasteiger partial charge in [-0.2, -0.15) is 9.40 Å². The molecule has 6 nitrogen and oxygen atoms in total. The van der Waals surface area contributed by atoms with E-state index in [0.29, 0.717) is 41.6 Å². The lowest BCUT2D eigenvalue weighted by Crippen LogP contribution is -2.59. The zero-order valence-corrected chi connectivity index (χ0v) is 16.2. The van der Waals surface area contributed by atoms with E-state index in [1.165, 1.54) is 38.8 Å². The van der Waals surface area contributed by atoms with E-state index >= 15 is 0 Å². The summed E-state index contributed by atoms with van der Waals surface area (Å²) in [4.78, 5) is 3.06. The molecule has 0 spiro atoms. The second-order valence-corrected chi connectivity index (χ2v) is 10.0. The Kier molecular flexibility index (Phi) is 4.67. The molecule has 7 heteroatoms. The molecule has 2 bridgehead atoms. The fourth-order valence-electron chi connectivity index (χ4n) is 5.34. The molecule has 0 amide bonds. The van der Waals surface area contributed by atoms with E-state index in [4.69, 9.17) is 0 Å². The third-order valence-electron chi connectivity index (χ3n) is 6.39. The molecule has 2 aliphatic heterocycles.